The van der Waals surface area contributed by atoms with Gasteiger partial charge in [0.15, 0.2) is 0 Å². The van der Waals surface area contributed by atoms with Crippen molar-refractivity contribution in [2.75, 3.05) is 4.90 Å². The van der Waals surface area contributed by atoms with Crippen LogP contribution in [0.2, 0.25) is 0 Å². The van der Waals surface area contributed by atoms with Crippen LogP contribution in [0, 0.1) is 0 Å². The summed E-state index contributed by atoms with van der Waals surface area (Å²) in [6, 6.07) is 66.7. The van der Waals surface area contributed by atoms with E-state index in [0.717, 1.165) is 76.9 Å². The van der Waals surface area contributed by atoms with Crippen molar-refractivity contribution < 1.29 is 9.90 Å². The molecule has 0 bridgehead atoms. The lowest BCUT2D eigenvalue weighted by atomic mass is 9.97. The van der Waals surface area contributed by atoms with Crippen LogP contribution in [0.5, 0.6) is 0 Å². The van der Waals surface area contributed by atoms with Crippen LogP contribution in [-0.2, 0) is 0 Å². The molecule has 0 radical (unpaired) electrons. The minimum absolute atomic E-state index is 0.109. The van der Waals surface area contributed by atoms with Crippen LogP contribution in [0.25, 0.3) is 88.0 Å². The summed E-state index contributed by atoms with van der Waals surface area (Å²) in [5, 5.41) is 6.67. The van der Waals surface area contributed by atoms with E-state index in [-0.39, 0.29) is 35.4 Å². The molecule has 11 aromatic rings. The Hall–Kier alpha value is -7.68. The highest BCUT2D eigenvalue weighted by Gasteiger charge is 2.16. The van der Waals surface area contributed by atoms with Crippen molar-refractivity contribution in [3.05, 3.63) is 224 Å². The molecule has 58 heavy (non-hydrogen) atoms. The summed E-state index contributed by atoms with van der Waals surface area (Å²) < 4.78 is 44.5. The molecular weight excluding hydrogens is 703 g/mol. The molecule has 0 unspecified atom stereocenters. The molecule has 2 nitrogen and oxygen atoms in total. The third-order valence-electron chi connectivity index (χ3n) is 11.1. The Kier molecular flexibility index (Phi) is 7.20. The monoisotopic (exact) mass is 743 g/mol. The number of nitrogens with zero attached hydrogens (tertiary/aromatic N) is 1. The van der Waals surface area contributed by atoms with Gasteiger partial charge >= 0.3 is 0 Å². The molecule has 0 N–H and O–H groups in total. The number of rotatable bonds is 7. The lowest BCUT2D eigenvalue weighted by Gasteiger charge is -2.26. The van der Waals surface area contributed by atoms with E-state index in [1.54, 1.807) is 0 Å². The zero-order chi connectivity index (χ0) is 41.9. The van der Waals surface area contributed by atoms with E-state index < -0.39 is 0 Å². The Morgan fingerprint density at radius 3 is 1.64 bits per heavy atom. The quantitative estimate of drug-likeness (QED) is 0.162. The van der Waals surface area contributed by atoms with Gasteiger partial charge in [-0.25, -0.2) is 0 Å². The van der Waals surface area contributed by atoms with E-state index in [1.807, 2.05) is 114 Å². The van der Waals surface area contributed by atoms with E-state index in [1.165, 1.54) is 0 Å². The van der Waals surface area contributed by atoms with E-state index in [0.29, 0.717) is 16.9 Å². The molecule has 272 valence electrons. The Bertz CT molecular complexity index is 3490. The third-order valence-corrected chi connectivity index (χ3v) is 11.1. The minimum Gasteiger partial charge on any atom is -0.455 e. The summed E-state index contributed by atoms with van der Waals surface area (Å²) in [6.45, 7) is 0. The fourth-order valence-corrected chi connectivity index (χ4v) is 8.22. The first kappa shape index (κ1) is 29.6. The van der Waals surface area contributed by atoms with Crippen LogP contribution in [0.4, 0.5) is 17.1 Å². The summed E-state index contributed by atoms with van der Waals surface area (Å²) in [7, 11) is 0. The number of furan rings is 1. The normalized spacial score (nSPS) is 12.4. The number of hydrogen-bond acceptors (Lipinski definition) is 2. The predicted octanol–water partition coefficient (Wildman–Crippen LogP) is 16.0. The summed E-state index contributed by atoms with van der Waals surface area (Å²) in [6.07, 6.45) is 0. The maximum atomic E-state index is 9.60. The lowest BCUT2D eigenvalue weighted by Crippen LogP contribution is -2.09. The van der Waals surface area contributed by atoms with Gasteiger partial charge in [-0.05, 0) is 115 Å². The van der Waals surface area contributed by atoms with Gasteiger partial charge in [0.2, 0.25) is 0 Å². The van der Waals surface area contributed by atoms with Crippen molar-refractivity contribution in [3.63, 3.8) is 0 Å². The van der Waals surface area contributed by atoms with Crippen LogP contribution in [0.1, 0.15) is 5.48 Å². The van der Waals surface area contributed by atoms with Crippen molar-refractivity contribution in [1.29, 1.82) is 0 Å². The molecule has 0 saturated carbocycles. The van der Waals surface area contributed by atoms with Gasteiger partial charge < -0.3 is 9.32 Å². The lowest BCUT2D eigenvalue weighted by molar-refractivity contribution is 0.670. The molecule has 11 rings (SSSR count). The first-order valence-electron chi connectivity index (χ1n) is 21.5. The molecular formula is C56H37NO. The topological polar surface area (TPSA) is 16.4 Å². The molecule has 0 fully saturated rings. The highest BCUT2D eigenvalue weighted by molar-refractivity contribution is 6.09. The molecule has 0 aliphatic carbocycles. The highest BCUT2D eigenvalue weighted by Crippen LogP contribution is 2.41. The van der Waals surface area contributed by atoms with Gasteiger partial charge in [-0.3, -0.25) is 0 Å². The predicted molar refractivity (Wildman–Crippen MR) is 245 cm³/mol. The minimum atomic E-state index is -0.133. The van der Waals surface area contributed by atoms with Gasteiger partial charge in [0, 0.05) is 33.4 Å². The molecule has 0 aliphatic rings. The molecule has 2 heteroatoms. The van der Waals surface area contributed by atoms with Crippen LogP contribution in [0.3, 0.4) is 0 Å². The van der Waals surface area contributed by atoms with E-state index >= 15 is 0 Å². The van der Waals surface area contributed by atoms with Gasteiger partial charge in [0.05, 0.1) is 5.48 Å². The fourth-order valence-electron chi connectivity index (χ4n) is 8.22. The average Bonchev–Trinajstić information content (AvgIpc) is 3.71. The van der Waals surface area contributed by atoms with Gasteiger partial charge in [-0.15, -0.1) is 0 Å². The number of benzene rings is 10. The summed E-state index contributed by atoms with van der Waals surface area (Å²) in [5.41, 5.74) is 10.0. The second kappa shape index (κ2) is 14.1. The van der Waals surface area contributed by atoms with Gasteiger partial charge in [0.25, 0.3) is 0 Å². The smallest absolute Gasteiger partial charge is 0.143 e. The van der Waals surface area contributed by atoms with E-state index in [4.69, 9.17) is 4.42 Å². The van der Waals surface area contributed by atoms with Crippen LogP contribution in [-0.4, -0.2) is 0 Å². The number of fused-ring (bicyclic) bond motifs is 5. The third kappa shape index (κ3) is 6.00. The standard InChI is InChI=1S/C56H37NO/c1-2-12-43-37-46(23-22-38(43)10-1)45-15-7-14-44(36-45)39-24-30-47(31-25-39)57(48-32-26-41(27-33-48)51-18-8-13-40-11-3-4-16-50(40)51)49-34-28-42(29-35-49)52-19-9-20-54-53-17-5-6-21-55(53)58-56(52)54/h1-37H/i24D,25D,30D,31D. The molecule has 0 atom stereocenters. The number of anilines is 3. The fraction of sp³-hybridized carbons (Fsp3) is 0. The van der Waals surface area contributed by atoms with Crippen LogP contribution >= 0.6 is 0 Å². The summed E-state index contributed by atoms with van der Waals surface area (Å²) in [4.78, 5) is 1.84. The van der Waals surface area contributed by atoms with Gasteiger partial charge in [0.1, 0.15) is 11.2 Å². The first-order chi connectivity index (χ1) is 30.4. The van der Waals surface area contributed by atoms with Crippen LogP contribution < -0.4 is 4.90 Å². The van der Waals surface area contributed by atoms with Crippen molar-refractivity contribution in [2.24, 2.45) is 0 Å². The van der Waals surface area contributed by atoms with Gasteiger partial charge in [-0.1, -0.05) is 170 Å². The first-order valence-corrected chi connectivity index (χ1v) is 19.5. The number of hydrogen-bond donors (Lipinski definition) is 0. The van der Waals surface area contributed by atoms with Crippen molar-refractivity contribution in [3.8, 4) is 44.5 Å². The second-order valence-corrected chi connectivity index (χ2v) is 14.6. The maximum absolute atomic E-state index is 9.60. The largest absolute Gasteiger partial charge is 0.455 e. The van der Waals surface area contributed by atoms with Crippen molar-refractivity contribution >= 4 is 60.5 Å². The Morgan fingerprint density at radius 1 is 0.328 bits per heavy atom. The zero-order valence-corrected chi connectivity index (χ0v) is 31.4. The Morgan fingerprint density at radius 2 is 0.862 bits per heavy atom. The van der Waals surface area contributed by atoms with Gasteiger partial charge in [-0.2, -0.15) is 0 Å². The molecule has 0 amide bonds. The molecule has 1 aromatic heterocycles. The summed E-state index contributed by atoms with van der Waals surface area (Å²) >= 11 is 0. The molecule has 0 spiro atoms. The molecule has 0 saturated heterocycles. The summed E-state index contributed by atoms with van der Waals surface area (Å²) in [5.74, 6) is 0. The van der Waals surface area contributed by atoms with Crippen molar-refractivity contribution in [2.45, 2.75) is 0 Å². The SMILES string of the molecule is [2H]c1c([2H])c(N(c2ccc(-c3cccc4ccccc34)cc2)c2ccc(-c3cccc4c3oc3ccccc34)cc2)c([2H])c([2H])c1-c1cccc(-c2ccc3ccccc3c2)c1. The zero-order valence-electron chi connectivity index (χ0n) is 35.4. The molecule has 10 aromatic carbocycles. The highest BCUT2D eigenvalue weighted by atomic mass is 16.3. The van der Waals surface area contributed by atoms with E-state index in [2.05, 4.69) is 91.0 Å². The maximum Gasteiger partial charge on any atom is 0.143 e. The Labute approximate surface area is 343 Å². The molecule has 0 aliphatic heterocycles. The second-order valence-electron chi connectivity index (χ2n) is 14.6. The van der Waals surface area contributed by atoms with Crippen LogP contribution in [0.15, 0.2) is 229 Å². The van der Waals surface area contributed by atoms with Crippen molar-refractivity contribution in [1.82, 2.24) is 0 Å². The Balaban J connectivity index is 1.04. The van der Waals surface area contributed by atoms with E-state index in [9.17, 15) is 5.48 Å². The number of para-hydroxylation sites is 2. The molecule has 1 heterocycles. The average molecular weight is 744 g/mol.